The van der Waals surface area contributed by atoms with E-state index in [1.54, 1.807) is 6.07 Å². The SMILES string of the molecule is Cc1cc(=O)oc2cc(OCCCN)ccc12. The summed E-state index contributed by atoms with van der Waals surface area (Å²) in [5.74, 6) is 0.694. The summed E-state index contributed by atoms with van der Waals surface area (Å²) < 4.78 is 10.6. The molecule has 0 spiro atoms. The van der Waals surface area contributed by atoms with E-state index in [0.29, 0.717) is 24.5 Å². The van der Waals surface area contributed by atoms with E-state index in [4.69, 9.17) is 14.9 Å². The van der Waals surface area contributed by atoms with Gasteiger partial charge in [0.05, 0.1) is 6.61 Å². The molecule has 0 aliphatic carbocycles. The number of hydrogen-bond donors (Lipinski definition) is 1. The molecule has 1 aromatic heterocycles. The van der Waals surface area contributed by atoms with Gasteiger partial charge >= 0.3 is 5.63 Å². The van der Waals surface area contributed by atoms with Gasteiger partial charge in [-0.15, -0.1) is 0 Å². The molecule has 4 heteroatoms. The number of benzene rings is 1. The fraction of sp³-hybridized carbons (Fsp3) is 0.308. The molecule has 0 saturated heterocycles. The zero-order valence-electron chi connectivity index (χ0n) is 9.73. The first-order valence-electron chi connectivity index (χ1n) is 5.58. The molecule has 0 radical (unpaired) electrons. The summed E-state index contributed by atoms with van der Waals surface area (Å²) in [6.07, 6.45) is 0.801. The predicted molar refractivity (Wildman–Crippen MR) is 66.4 cm³/mol. The van der Waals surface area contributed by atoms with Crippen LogP contribution < -0.4 is 16.1 Å². The summed E-state index contributed by atoms with van der Waals surface area (Å²) in [6.45, 7) is 3.05. The van der Waals surface area contributed by atoms with Gasteiger partial charge in [-0.1, -0.05) is 0 Å². The molecule has 4 nitrogen and oxygen atoms in total. The Morgan fingerprint density at radius 2 is 2.18 bits per heavy atom. The number of nitrogens with two attached hydrogens (primary N) is 1. The number of rotatable bonds is 4. The average molecular weight is 233 g/mol. The molecule has 0 unspecified atom stereocenters. The number of aryl methyl sites for hydroxylation is 1. The van der Waals surface area contributed by atoms with E-state index < -0.39 is 0 Å². The minimum atomic E-state index is -0.339. The van der Waals surface area contributed by atoms with E-state index in [9.17, 15) is 4.79 Å². The van der Waals surface area contributed by atoms with Crippen molar-refractivity contribution in [3.63, 3.8) is 0 Å². The first-order chi connectivity index (χ1) is 8.20. The van der Waals surface area contributed by atoms with E-state index in [1.807, 2.05) is 19.1 Å². The second kappa shape index (κ2) is 5.01. The maximum Gasteiger partial charge on any atom is 0.336 e. The highest BCUT2D eigenvalue weighted by atomic mass is 16.5. The lowest BCUT2D eigenvalue weighted by molar-refractivity contribution is 0.313. The molecule has 0 bridgehead atoms. The van der Waals surface area contributed by atoms with Crippen molar-refractivity contribution < 1.29 is 9.15 Å². The van der Waals surface area contributed by atoms with Crippen molar-refractivity contribution in [1.82, 2.24) is 0 Å². The monoisotopic (exact) mass is 233 g/mol. The van der Waals surface area contributed by atoms with E-state index in [0.717, 1.165) is 17.4 Å². The van der Waals surface area contributed by atoms with E-state index in [-0.39, 0.29) is 5.63 Å². The van der Waals surface area contributed by atoms with Crippen LogP contribution in [0.1, 0.15) is 12.0 Å². The third-order valence-electron chi connectivity index (χ3n) is 2.54. The Hall–Kier alpha value is -1.81. The van der Waals surface area contributed by atoms with Crippen molar-refractivity contribution >= 4 is 11.0 Å². The molecule has 0 atom stereocenters. The molecule has 90 valence electrons. The topological polar surface area (TPSA) is 65.5 Å². The minimum absolute atomic E-state index is 0.339. The second-order valence-electron chi connectivity index (χ2n) is 3.90. The third-order valence-corrected chi connectivity index (χ3v) is 2.54. The summed E-state index contributed by atoms with van der Waals surface area (Å²) in [4.78, 5) is 11.3. The first kappa shape index (κ1) is 11.7. The Kier molecular flexibility index (Phi) is 3.44. The molecule has 17 heavy (non-hydrogen) atoms. The number of fused-ring (bicyclic) bond motifs is 1. The fourth-order valence-corrected chi connectivity index (χ4v) is 1.67. The summed E-state index contributed by atoms with van der Waals surface area (Å²) in [5.41, 5.74) is 6.51. The van der Waals surface area contributed by atoms with Crippen LogP contribution in [0, 0.1) is 6.92 Å². The Morgan fingerprint density at radius 3 is 2.94 bits per heavy atom. The molecule has 0 amide bonds. The lowest BCUT2D eigenvalue weighted by Gasteiger charge is -2.06. The molecule has 0 fully saturated rings. The van der Waals surface area contributed by atoms with Crippen molar-refractivity contribution in [2.75, 3.05) is 13.2 Å². The highest BCUT2D eigenvalue weighted by Gasteiger charge is 2.03. The van der Waals surface area contributed by atoms with Crippen molar-refractivity contribution in [2.45, 2.75) is 13.3 Å². The molecule has 1 aromatic carbocycles. The van der Waals surface area contributed by atoms with Crippen LogP contribution in [-0.2, 0) is 0 Å². The normalized spacial score (nSPS) is 10.7. The van der Waals surface area contributed by atoms with Crippen molar-refractivity contribution in [3.05, 3.63) is 40.2 Å². The van der Waals surface area contributed by atoms with E-state index >= 15 is 0 Å². The smallest absolute Gasteiger partial charge is 0.336 e. The zero-order chi connectivity index (χ0) is 12.3. The zero-order valence-corrected chi connectivity index (χ0v) is 9.73. The fourth-order valence-electron chi connectivity index (χ4n) is 1.67. The van der Waals surface area contributed by atoms with Crippen molar-refractivity contribution in [2.24, 2.45) is 5.73 Å². The molecule has 0 aliphatic rings. The highest BCUT2D eigenvalue weighted by Crippen LogP contribution is 2.22. The Labute approximate surface area is 99.0 Å². The van der Waals surface area contributed by atoms with Gasteiger partial charge in [0.1, 0.15) is 11.3 Å². The lowest BCUT2D eigenvalue weighted by atomic mass is 10.1. The Bertz CT molecular complexity index is 574. The summed E-state index contributed by atoms with van der Waals surface area (Å²) >= 11 is 0. The maximum atomic E-state index is 11.3. The molecular weight excluding hydrogens is 218 g/mol. The van der Waals surface area contributed by atoms with Crippen molar-refractivity contribution in [3.8, 4) is 5.75 Å². The van der Waals surface area contributed by atoms with Crippen LogP contribution in [0.2, 0.25) is 0 Å². The van der Waals surface area contributed by atoms with E-state index in [1.165, 1.54) is 6.07 Å². The quantitative estimate of drug-likeness (QED) is 0.646. The molecule has 0 aliphatic heterocycles. The second-order valence-corrected chi connectivity index (χ2v) is 3.90. The molecule has 0 saturated carbocycles. The summed E-state index contributed by atoms with van der Waals surface area (Å²) in [5, 5.41) is 0.927. The van der Waals surface area contributed by atoms with Crippen LogP contribution in [-0.4, -0.2) is 13.2 Å². The Morgan fingerprint density at radius 1 is 1.35 bits per heavy atom. The standard InChI is InChI=1S/C13H15NO3/c1-9-7-13(15)17-12-8-10(3-4-11(9)12)16-6-2-5-14/h3-4,7-8H,2,5-6,14H2,1H3. The highest BCUT2D eigenvalue weighted by molar-refractivity contribution is 5.81. The van der Waals surface area contributed by atoms with Crippen LogP contribution in [0.3, 0.4) is 0 Å². The third kappa shape index (κ3) is 2.65. The number of hydrogen-bond acceptors (Lipinski definition) is 4. The van der Waals surface area contributed by atoms with Crippen LogP contribution in [0.5, 0.6) is 5.75 Å². The van der Waals surface area contributed by atoms with Crippen LogP contribution >= 0.6 is 0 Å². The van der Waals surface area contributed by atoms with Crippen molar-refractivity contribution in [1.29, 1.82) is 0 Å². The van der Waals surface area contributed by atoms with Gasteiger partial charge in [0.2, 0.25) is 0 Å². The lowest BCUT2D eigenvalue weighted by Crippen LogP contribution is -2.06. The molecule has 1 heterocycles. The molecule has 2 aromatic rings. The summed E-state index contributed by atoms with van der Waals surface area (Å²) in [7, 11) is 0. The van der Waals surface area contributed by atoms with Gasteiger partial charge in [-0.2, -0.15) is 0 Å². The first-order valence-corrected chi connectivity index (χ1v) is 5.58. The van der Waals surface area contributed by atoms with Gasteiger partial charge in [-0.25, -0.2) is 4.79 Å². The average Bonchev–Trinajstić information content (AvgIpc) is 2.28. The van der Waals surface area contributed by atoms with Gasteiger partial charge in [-0.3, -0.25) is 0 Å². The number of ether oxygens (including phenoxy) is 1. The largest absolute Gasteiger partial charge is 0.493 e. The van der Waals surface area contributed by atoms with Crippen LogP contribution in [0.4, 0.5) is 0 Å². The summed E-state index contributed by atoms with van der Waals surface area (Å²) in [6, 6.07) is 6.98. The van der Waals surface area contributed by atoms with Gasteiger partial charge in [-0.05, 0) is 37.6 Å². The maximum absolute atomic E-state index is 11.3. The van der Waals surface area contributed by atoms with Gasteiger partial charge in [0.25, 0.3) is 0 Å². The molecule has 2 N–H and O–H groups in total. The van der Waals surface area contributed by atoms with Crippen LogP contribution in [0.15, 0.2) is 33.5 Å². The van der Waals surface area contributed by atoms with Gasteiger partial charge in [0, 0.05) is 17.5 Å². The minimum Gasteiger partial charge on any atom is -0.493 e. The molecule has 2 rings (SSSR count). The van der Waals surface area contributed by atoms with E-state index in [2.05, 4.69) is 0 Å². The predicted octanol–water partition coefficient (Wildman–Crippen LogP) is 1.83. The molecular formula is C13H15NO3. The van der Waals surface area contributed by atoms with Crippen LogP contribution in [0.25, 0.3) is 11.0 Å². The Balaban J connectivity index is 2.33. The van der Waals surface area contributed by atoms with Gasteiger partial charge in [0.15, 0.2) is 0 Å². The van der Waals surface area contributed by atoms with Gasteiger partial charge < -0.3 is 14.9 Å².